The van der Waals surface area contributed by atoms with Crippen molar-refractivity contribution >= 4 is 46.5 Å². The van der Waals surface area contributed by atoms with Crippen molar-refractivity contribution in [2.24, 2.45) is 0 Å². The smallest absolute Gasteiger partial charge is 0.234 e. The molecular formula is C19H22BrCl2N5. The van der Waals surface area contributed by atoms with E-state index in [1.54, 1.807) is 0 Å². The van der Waals surface area contributed by atoms with Crippen LogP contribution >= 0.6 is 40.7 Å². The number of aromatic nitrogens is 3. The molecule has 0 aliphatic carbocycles. The first-order chi connectivity index (χ1) is 12.3. The molecule has 2 bridgehead atoms. The van der Waals surface area contributed by atoms with Gasteiger partial charge in [0.2, 0.25) is 5.78 Å². The molecule has 5 nitrogen and oxygen atoms in total. The molecule has 3 aromatic rings. The summed E-state index contributed by atoms with van der Waals surface area (Å²) in [6.07, 6.45) is 6.48. The number of likely N-dealkylation sites (tertiary alicyclic amines) is 1. The Morgan fingerprint density at radius 2 is 1.78 bits per heavy atom. The highest BCUT2D eigenvalue weighted by atomic mass is 79.9. The highest BCUT2D eigenvalue weighted by Crippen LogP contribution is 2.28. The second-order valence-corrected chi connectivity index (χ2v) is 7.95. The van der Waals surface area contributed by atoms with Crippen molar-refractivity contribution in [2.75, 3.05) is 13.1 Å². The second kappa shape index (κ2) is 8.45. The Morgan fingerprint density at radius 3 is 2.48 bits per heavy atom. The molecule has 0 amide bonds. The maximum absolute atomic E-state index is 4.83. The van der Waals surface area contributed by atoms with Crippen molar-refractivity contribution < 1.29 is 0 Å². The van der Waals surface area contributed by atoms with Gasteiger partial charge in [0.1, 0.15) is 0 Å². The molecule has 2 aromatic heterocycles. The Balaban J connectivity index is 0.00000105. The summed E-state index contributed by atoms with van der Waals surface area (Å²) in [6, 6.07) is 11.7. The molecule has 27 heavy (non-hydrogen) atoms. The normalized spacial score (nSPS) is 21.7. The van der Waals surface area contributed by atoms with E-state index < -0.39 is 0 Å². The summed E-state index contributed by atoms with van der Waals surface area (Å²) < 4.78 is 3.22. The quantitative estimate of drug-likeness (QED) is 0.629. The van der Waals surface area contributed by atoms with Crippen LogP contribution in [0.25, 0.3) is 17.0 Å². The number of rotatable bonds is 3. The number of hydrogen-bond donors (Lipinski definition) is 1. The van der Waals surface area contributed by atoms with Crippen LogP contribution in [0.1, 0.15) is 18.5 Å². The molecular weight excluding hydrogens is 449 g/mol. The van der Waals surface area contributed by atoms with Crippen LogP contribution < -0.4 is 5.32 Å². The average Bonchev–Trinajstić information content (AvgIpc) is 3.16. The van der Waals surface area contributed by atoms with E-state index in [0.29, 0.717) is 12.1 Å². The molecule has 8 heteroatoms. The van der Waals surface area contributed by atoms with Gasteiger partial charge in [0, 0.05) is 54.1 Å². The highest BCUT2D eigenvalue weighted by molar-refractivity contribution is 9.10. The predicted octanol–water partition coefficient (Wildman–Crippen LogP) is 3.94. The van der Waals surface area contributed by atoms with Crippen molar-refractivity contribution in [1.29, 1.82) is 0 Å². The van der Waals surface area contributed by atoms with Crippen molar-refractivity contribution in [3.8, 4) is 11.3 Å². The third kappa shape index (κ3) is 4.00. The van der Waals surface area contributed by atoms with Gasteiger partial charge in [-0.2, -0.15) is 0 Å². The number of nitrogens with one attached hydrogen (secondary N) is 1. The Hall–Kier alpha value is -1.18. The number of hydrogen-bond acceptors (Lipinski definition) is 4. The summed E-state index contributed by atoms with van der Waals surface area (Å²) in [7, 11) is 0. The van der Waals surface area contributed by atoms with Crippen LogP contribution in [-0.4, -0.2) is 44.4 Å². The number of benzene rings is 1. The van der Waals surface area contributed by atoms with Crippen LogP contribution in [0, 0.1) is 0 Å². The Kier molecular flexibility index (Phi) is 6.43. The fourth-order valence-corrected chi connectivity index (χ4v) is 4.42. The topological polar surface area (TPSA) is 45.5 Å². The lowest BCUT2D eigenvalue weighted by atomic mass is 10.1. The van der Waals surface area contributed by atoms with Crippen LogP contribution in [-0.2, 0) is 6.54 Å². The fraction of sp³-hybridized carbons (Fsp3) is 0.368. The second-order valence-electron chi connectivity index (χ2n) is 7.04. The van der Waals surface area contributed by atoms with Crippen molar-refractivity contribution in [1.82, 2.24) is 24.6 Å². The third-order valence-electron chi connectivity index (χ3n) is 5.29. The zero-order valence-corrected chi connectivity index (χ0v) is 17.9. The van der Waals surface area contributed by atoms with E-state index in [1.165, 1.54) is 18.5 Å². The van der Waals surface area contributed by atoms with Crippen LogP contribution in [0.3, 0.4) is 0 Å². The summed E-state index contributed by atoms with van der Waals surface area (Å²) >= 11 is 3.52. The molecule has 2 saturated heterocycles. The van der Waals surface area contributed by atoms with Gasteiger partial charge in [-0.05, 0) is 31.0 Å². The van der Waals surface area contributed by atoms with Gasteiger partial charge in [0.05, 0.1) is 11.4 Å². The largest absolute Gasteiger partial charge is 0.309 e. The molecule has 144 valence electrons. The van der Waals surface area contributed by atoms with Gasteiger partial charge in [-0.1, -0.05) is 28.1 Å². The first kappa shape index (κ1) is 20.6. The van der Waals surface area contributed by atoms with Crippen LogP contribution in [0.5, 0.6) is 0 Å². The summed E-state index contributed by atoms with van der Waals surface area (Å²) in [4.78, 5) is 11.8. The van der Waals surface area contributed by atoms with Gasteiger partial charge in [-0.15, -0.1) is 24.8 Å². The third-order valence-corrected chi connectivity index (χ3v) is 5.81. The zero-order chi connectivity index (χ0) is 16.8. The fourth-order valence-electron chi connectivity index (χ4n) is 4.15. The molecule has 1 aromatic carbocycles. The van der Waals surface area contributed by atoms with Gasteiger partial charge in [0.25, 0.3) is 0 Å². The van der Waals surface area contributed by atoms with E-state index in [4.69, 9.17) is 4.98 Å². The Labute approximate surface area is 179 Å². The molecule has 0 radical (unpaired) electrons. The molecule has 0 spiro atoms. The maximum Gasteiger partial charge on any atom is 0.234 e. The van der Waals surface area contributed by atoms with Gasteiger partial charge in [-0.25, -0.2) is 9.97 Å². The van der Waals surface area contributed by atoms with E-state index in [1.807, 2.05) is 12.3 Å². The lowest BCUT2D eigenvalue weighted by Crippen LogP contribution is -2.50. The van der Waals surface area contributed by atoms with Crippen molar-refractivity contribution in [2.45, 2.75) is 31.5 Å². The summed E-state index contributed by atoms with van der Waals surface area (Å²) in [5.74, 6) is 0.772. The average molecular weight is 471 g/mol. The predicted molar refractivity (Wildman–Crippen MR) is 116 cm³/mol. The van der Waals surface area contributed by atoms with Gasteiger partial charge >= 0.3 is 0 Å². The maximum atomic E-state index is 4.83. The van der Waals surface area contributed by atoms with E-state index in [9.17, 15) is 0 Å². The van der Waals surface area contributed by atoms with Crippen LogP contribution in [0.15, 0.2) is 47.2 Å². The highest BCUT2D eigenvalue weighted by Gasteiger charge is 2.32. The number of imidazole rings is 1. The lowest BCUT2D eigenvalue weighted by Gasteiger charge is -2.32. The molecule has 2 fully saturated rings. The van der Waals surface area contributed by atoms with Gasteiger partial charge in [0.15, 0.2) is 0 Å². The van der Waals surface area contributed by atoms with E-state index >= 15 is 0 Å². The molecule has 2 aliphatic rings. The molecule has 2 unspecified atom stereocenters. The van der Waals surface area contributed by atoms with Gasteiger partial charge in [-0.3, -0.25) is 9.30 Å². The molecule has 0 saturated carbocycles. The van der Waals surface area contributed by atoms with Crippen molar-refractivity contribution in [3.05, 3.63) is 52.9 Å². The molecule has 2 aliphatic heterocycles. The van der Waals surface area contributed by atoms with Gasteiger partial charge < -0.3 is 5.32 Å². The Morgan fingerprint density at radius 1 is 1.07 bits per heavy atom. The minimum atomic E-state index is 0. The number of piperazine rings is 1. The first-order valence-corrected chi connectivity index (χ1v) is 9.62. The number of halogens is 3. The van der Waals surface area contributed by atoms with Crippen molar-refractivity contribution in [3.63, 3.8) is 0 Å². The summed E-state index contributed by atoms with van der Waals surface area (Å²) in [5.41, 5.74) is 3.41. The monoisotopic (exact) mass is 469 g/mol. The molecule has 4 heterocycles. The molecule has 1 N–H and O–H groups in total. The summed E-state index contributed by atoms with van der Waals surface area (Å²) in [5, 5.41) is 3.71. The standard InChI is InChI=1S/C19H20BrN5.2ClH/c20-14-4-2-13(3-5-14)18-17(25-9-1-8-21-19(25)23-18)12-24-10-15-6-7-16(11-24)22-15;;/h1-5,8-9,15-16,22H,6-7,10-12H2;2*1H. The number of nitrogens with zero attached hydrogens (tertiary/aromatic N) is 4. The number of fused-ring (bicyclic) bond motifs is 3. The minimum Gasteiger partial charge on any atom is -0.309 e. The molecule has 5 rings (SSSR count). The van der Waals surface area contributed by atoms with E-state index in [2.05, 4.69) is 66.0 Å². The zero-order valence-electron chi connectivity index (χ0n) is 14.7. The first-order valence-electron chi connectivity index (χ1n) is 8.82. The van der Waals surface area contributed by atoms with E-state index in [-0.39, 0.29) is 24.8 Å². The lowest BCUT2D eigenvalue weighted by molar-refractivity contribution is 0.187. The Bertz CT molecular complexity index is 902. The summed E-state index contributed by atoms with van der Waals surface area (Å²) in [6.45, 7) is 3.14. The molecule has 2 atom stereocenters. The van der Waals surface area contributed by atoms with Crippen LogP contribution in [0.2, 0.25) is 0 Å². The SMILES string of the molecule is Brc1ccc(-c2nc3ncccn3c2CN2CC3CCC(C2)N3)cc1.Cl.Cl. The minimum absolute atomic E-state index is 0. The van der Waals surface area contributed by atoms with Crippen LogP contribution in [0.4, 0.5) is 0 Å². The van der Waals surface area contributed by atoms with E-state index in [0.717, 1.165) is 41.1 Å².